The van der Waals surface area contributed by atoms with E-state index >= 15 is 0 Å². The van der Waals surface area contributed by atoms with Gasteiger partial charge in [-0.1, -0.05) is 18.2 Å². The lowest BCUT2D eigenvalue weighted by molar-refractivity contribution is 0.0688. The third-order valence-corrected chi connectivity index (χ3v) is 4.32. The molecule has 1 N–H and O–H groups in total. The topological polar surface area (TPSA) is 79.7 Å². The van der Waals surface area contributed by atoms with Gasteiger partial charge in [-0.15, -0.1) is 0 Å². The number of aryl methyl sites for hydroxylation is 1. The van der Waals surface area contributed by atoms with Gasteiger partial charge in [0.25, 0.3) is 5.91 Å². The Morgan fingerprint density at radius 1 is 1.24 bits per heavy atom. The maximum atomic E-state index is 12.9. The number of amides is 1. The minimum absolute atomic E-state index is 0.110. The summed E-state index contributed by atoms with van der Waals surface area (Å²) in [6.45, 7) is 2.04. The lowest BCUT2D eigenvalue weighted by Crippen LogP contribution is -2.33. The van der Waals surface area contributed by atoms with E-state index in [0.29, 0.717) is 12.2 Å². The maximum Gasteiger partial charge on any atom is 0.337 e. The van der Waals surface area contributed by atoms with Crippen molar-refractivity contribution in [3.63, 3.8) is 0 Å². The zero-order valence-electron chi connectivity index (χ0n) is 14.2. The molecule has 1 aliphatic rings. The average Bonchev–Trinajstić information content (AvgIpc) is 3.44. The number of aromatic nitrogens is 1. The van der Waals surface area contributed by atoms with Crippen LogP contribution in [0.1, 0.15) is 44.9 Å². The van der Waals surface area contributed by atoms with Crippen molar-refractivity contribution in [1.29, 1.82) is 0 Å². The summed E-state index contributed by atoms with van der Waals surface area (Å²) in [5.74, 6) is -0.489. The molecule has 0 bridgehead atoms. The van der Waals surface area contributed by atoms with Gasteiger partial charge in [-0.25, -0.2) is 9.78 Å². The van der Waals surface area contributed by atoms with Gasteiger partial charge in [0.15, 0.2) is 0 Å². The molecule has 6 nitrogen and oxygen atoms in total. The number of nitrogens with zero attached hydrogens (tertiary/aromatic N) is 2. The van der Waals surface area contributed by atoms with E-state index in [1.807, 2.05) is 24.3 Å². The molecule has 0 aliphatic heterocycles. The number of para-hydroxylation sites is 1. The van der Waals surface area contributed by atoms with Crippen molar-refractivity contribution in [3.05, 3.63) is 58.9 Å². The van der Waals surface area contributed by atoms with Gasteiger partial charge in [-0.3, -0.25) is 4.79 Å². The molecule has 6 heteroatoms. The number of rotatable bonds is 6. The van der Waals surface area contributed by atoms with Crippen LogP contribution in [0.2, 0.25) is 0 Å². The predicted molar refractivity (Wildman–Crippen MR) is 91.8 cm³/mol. The van der Waals surface area contributed by atoms with Crippen LogP contribution in [0, 0.1) is 6.92 Å². The number of methoxy groups -OCH3 is 1. The van der Waals surface area contributed by atoms with Gasteiger partial charge < -0.3 is 14.7 Å². The van der Waals surface area contributed by atoms with E-state index in [4.69, 9.17) is 9.84 Å². The number of carbonyl (C=O) groups is 2. The molecule has 0 atom stereocenters. The van der Waals surface area contributed by atoms with E-state index in [-0.39, 0.29) is 23.2 Å². The second kappa shape index (κ2) is 6.93. The van der Waals surface area contributed by atoms with E-state index in [2.05, 4.69) is 4.98 Å². The first kappa shape index (κ1) is 17.0. The van der Waals surface area contributed by atoms with Gasteiger partial charge in [-0.05, 0) is 38.0 Å². The van der Waals surface area contributed by atoms with Gasteiger partial charge in [-0.2, -0.15) is 0 Å². The fraction of sp³-hybridized carbons (Fsp3) is 0.316. The van der Waals surface area contributed by atoms with Gasteiger partial charge in [0.1, 0.15) is 11.4 Å². The van der Waals surface area contributed by atoms with Crippen molar-refractivity contribution < 1.29 is 19.4 Å². The van der Waals surface area contributed by atoms with E-state index in [1.165, 1.54) is 12.1 Å². The minimum Gasteiger partial charge on any atom is -0.496 e. The molecule has 1 aromatic carbocycles. The molecule has 1 fully saturated rings. The molecular weight excluding hydrogens is 320 g/mol. The highest BCUT2D eigenvalue weighted by Gasteiger charge is 2.34. The molecule has 3 rings (SSSR count). The second-order valence-electron chi connectivity index (χ2n) is 6.11. The molecule has 25 heavy (non-hydrogen) atoms. The second-order valence-corrected chi connectivity index (χ2v) is 6.11. The Morgan fingerprint density at radius 2 is 1.96 bits per heavy atom. The summed E-state index contributed by atoms with van der Waals surface area (Å²) < 4.78 is 5.37. The van der Waals surface area contributed by atoms with Crippen LogP contribution in [0.3, 0.4) is 0 Å². The SMILES string of the molecule is COc1ccccc1CN(C(=O)c1ccc(C(=O)O)c(C)n1)C1CC1. The van der Waals surface area contributed by atoms with E-state index in [9.17, 15) is 9.59 Å². The monoisotopic (exact) mass is 340 g/mol. The van der Waals surface area contributed by atoms with Crippen molar-refractivity contribution in [2.24, 2.45) is 0 Å². The number of pyridine rings is 1. The first-order valence-electron chi connectivity index (χ1n) is 8.15. The summed E-state index contributed by atoms with van der Waals surface area (Å²) in [5.41, 5.74) is 1.65. The fourth-order valence-corrected chi connectivity index (χ4v) is 2.82. The number of carbonyl (C=O) groups excluding carboxylic acids is 1. The first-order chi connectivity index (χ1) is 12.0. The summed E-state index contributed by atoms with van der Waals surface area (Å²) >= 11 is 0. The van der Waals surface area contributed by atoms with Crippen LogP contribution in [0.15, 0.2) is 36.4 Å². The van der Waals surface area contributed by atoms with Crippen molar-refractivity contribution in [1.82, 2.24) is 9.88 Å². The van der Waals surface area contributed by atoms with Crippen LogP contribution in [-0.4, -0.2) is 40.0 Å². The summed E-state index contributed by atoms with van der Waals surface area (Å²) in [5, 5.41) is 9.11. The third kappa shape index (κ3) is 3.63. The Labute approximate surface area is 146 Å². The lowest BCUT2D eigenvalue weighted by atomic mass is 10.1. The van der Waals surface area contributed by atoms with Crippen LogP contribution in [-0.2, 0) is 6.54 Å². The molecule has 0 unspecified atom stereocenters. The van der Waals surface area contributed by atoms with Crippen LogP contribution in [0.4, 0.5) is 0 Å². The van der Waals surface area contributed by atoms with E-state index in [0.717, 1.165) is 24.2 Å². The highest BCUT2D eigenvalue weighted by Crippen LogP contribution is 2.31. The fourth-order valence-electron chi connectivity index (χ4n) is 2.82. The molecule has 130 valence electrons. The standard InChI is InChI=1S/C19H20N2O4/c1-12-15(19(23)24)9-10-16(20-12)18(22)21(14-7-8-14)11-13-5-3-4-6-17(13)25-2/h3-6,9-10,14H,7-8,11H2,1-2H3,(H,23,24). The molecule has 1 heterocycles. The number of hydrogen-bond acceptors (Lipinski definition) is 4. The van der Waals surface area contributed by atoms with Crippen molar-refractivity contribution >= 4 is 11.9 Å². The number of aromatic carboxylic acids is 1. The molecule has 1 aromatic heterocycles. The summed E-state index contributed by atoms with van der Waals surface area (Å²) in [6.07, 6.45) is 1.93. The van der Waals surface area contributed by atoms with Gasteiger partial charge >= 0.3 is 5.97 Å². The Bertz CT molecular complexity index is 815. The molecule has 1 aliphatic carbocycles. The van der Waals surface area contributed by atoms with Gasteiger partial charge in [0, 0.05) is 18.2 Å². The van der Waals surface area contributed by atoms with E-state index in [1.54, 1.807) is 18.9 Å². The summed E-state index contributed by atoms with van der Waals surface area (Å²) in [4.78, 5) is 30.1. The molecule has 2 aromatic rings. The smallest absolute Gasteiger partial charge is 0.337 e. The molecule has 1 amide bonds. The highest BCUT2D eigenvalue weighted by atomic mass is 16.5. The van der Waals surface area contributed by atoms with E-state index < -0.39 is 5.97 Å². The van der Waals surface area contributed by atoms with Crippen molar-refractivity contribution in [2.45, 2.75) is 32.4 Å². The highest BCUT2D eigenvalue weighted by molar-refractivity contribution is 5.94. The summed E-state index contributed by atoms with van der Waals surface area (Å²) in [7, 11) is 1.61. The first-order valence-corrected chi connectivity index (χ1v) is 8.15. The van der Waals surface area contributed by atoms with Gasteiger partial charge in [0.05, 0.1) is 18.4 Å². The predicted octanol–water partition coefficient (Wildman–Crippen LogP) is 2.90. The molecule has 0 saturated heterocycles. The molecule has 1 saturated carbocycles. The van der Waals surface area contributed by atoms with Crippen LogP contribution >= 0.6 is 0 Å². The van der Waals surface area contributed by atoms with Crippen LogP contribution in [0.25, 0.3) is 0 Å². The lowest BCUT2D eigenvalue weighted by Gasteiger charge is -2.23. The number of ether oxygens (including phenoxy) is 1. The number of hydrogen-bond donors (Lipinski definition) is 1. The third-order valence-electron chi connectivity index (χ3n) is 4.32. The summed E-state index contributed by atoms with van der Waals surface area (Å²) in [6, 6.07) is 10.7. The largest absolute Gasteiger partial charge is 0.496 e. The molecule has 0 radical (unpaired) electrons. The Balaban J connectivity index is 1.87. The number of carboxylic acid groups (broad SMARTS) is 1. The Morgan fingerprint density at radius 3 is 2.56 bits per heavy atom. The van der Waals surface area contributed by atoms with Gasteiger partial charge in [0.2, 0.25) is 0 Å². The average molecular weight is 340 g/mol. The normalized spacial score (nSPS) is 13.4. The zero-order chi connectivity index (χ0) is 18.0. The zero-order valence-corrected chi connectivity index (χ0v) is 14.2. The van der Waals surface area contributed by atoms with Crippen molar-refractivity contribution in [3.8, 4) is 5.75 Å². The Kier molecular flexibility index (Phi) is 4.70. The molecule has 0 spiro atoms. The quantitative estimate of drug-likeness (QED) is 0.874. The maximum absolute atomic E-state index is 12.9. The Hall–Kier alpha value is -2.89. The minimum atomic E-state index is -1.04. The number of benzene rings is 1. The van der Waals surface area contributed by atoms with Crippen LogP contribution < -0.4 is 4.74 Å². The number of carboxylic acids is 1. The van der Waals surface area contributed by atoms with Crippen molar-refractivity contribution in [2.75, 3.05) is 7.11 Å². The van der Waals surface area contributed by atoms with Crippen LogP contribution in [0.5, 0.6) is 5.75 Å². The molecular formula is C19H20N2O4.